The predicted molar refractivity (Wildman–Crippen MR) is 79.3 cm³/mol. The lowest BCUT2D eigenvalue weighted by atomic mass is 9.99. The number of hydrogen-bond donors (Lipinski definition) is 1. The fourth-order valence-electron chi connectivity index (χ4n) is 1.83. The van der Waals surface area contributed by atoms with E-state index in [4.69, 9.17) is 0 Å². The summed E-state index contributed by atoms with van der Waals surface area (Å²) in [5, 5.41) is 3.49. The zero-order valence-corrected chi connectivity index (χ0v) is 12.4. The zero-order valence-electron chi connectivity index (χ0n) is 12.4. The Morgan fingerprint density at radius 3 is 2.44 bits per heavy atom. The highest BCUT2D eigenvalue weighted by Gasteiger charge is 2.06. The fraction of sp³-hybridized carbons (Fsp3) is 0.667. The molecular formula is C15H27N3. The van der Waals surface area contributed by atoms with Crippen molar-refractivity contribution in [3.05, 3.63) is 23.9 Å². The minimum Gasteiger partial charge on any atom is -0.363 e. The molecule has 0 bridgehead atoms. The molecule has 1 N–H and O–H groups in total. The van der Waals surface area contributed by atoms with Gasteiger partial charge in [-0.15, -0.1) is 0 Å². The number of hydrogen-bond acceptors (Lipinski definition) is 3. The predicted octanol–water partition coefficient (Wildman–Crippen LogP) is 2.89. The van der Waals surface area contributed by atoms with Crippen LogP contribution in [0.1, 0.15) is 38.7 Å². The third-order valence-electron chi connectivity index (χ3n) is 3.10. The van der Waals surface area contributed by atoms with Crippen molar-refractivity contribution in [2.75, 3.05) is 32.1 Å². The number of aromatic nitrogens is 1. The van der Waals surface area contributed by atoms with E-state index < -0.39 is 0 Å². The van der Waals surface area contributed by atoms with Crippen molar-refractivity contribution in [3.63, 3.8) is 0 Å². The molecule has 18 heavy (non-hydrogen) atoms. The van der Waals surface area contributed by atoms with Gasteiger partial charge in [0.25, 0.3) is 0 Å². The SMILES string of the molecule is CC(C)CNCCC(C)c1ccc(N(C)C)nc1. The molecule has 0 aliphatic heterocycles. The van der Waals surface area contributed by atoms with Crippen LogP contribution in [-0.4, -0.2) is 32.2 Å². The molecule has 0 amide bonds. The molecule has 1 heterocycles. The van der Waals surface area contributed by atoms with E-state index >= 15 is 0 Å². The summed E-state index contributed by atoms with van der Waals surface area (Å²) in [6, 6.07) is 4.28. The molecule has 1 aromatic heterocycles. The van der Waals surface area contributed by atoms with E-state index in [1.54, 1.807) is 0 Å². The topological polar surface area (TPSA) is 28.2 Å². The largest absolute Gasteiger partial charge is 0.363 e. The Labute approximate surface area is 112 Å². The lowest BCUT2D eigenvalue weighted by molar-refractivity contribution is 0.524. The maximum atomic E-state index is 4.46. The van der Waals surface area contributed by atoms with Crippen LogP contribution < -0.4 is 10.2 Å². The van der Waals surface area contributed by atoms with Gasteiger partial charge in [-0.2, -0.15) is 0 Å². The highest BCUT2D eigenvalue weighted by Crippen LogP contribution is 2.19. The maximum absolute atomic E-state index is 4.46. The second-order valence-corrected chi connectivity index (χ2v) is 5.63. The van der Waals surface area contributed by atoms with Crippen LogP contribution in [0, 0.1) is 5.92 Å². The first-order valence-electron chi connectivity index (χ1n) is 6.84. The van der Waals surface area contributed by atoms with E-state index in [1.165, 1.54) is 5.56 Å². The molecule has 0 radical (unpaired) electrons. The van der Waals surface area contributed by atoms with Crippen LogP contribution in [0.2, 0.25) is 0 Å². The van der Waals surface area contributed by atoms with Gasteiger partial charge in [0.2, 0.25) is 0 Å². The standard InChI is InChI=1S/C15H27N3/c1-12(2)10-16-9-8-13(3)14-6-7-15(17-11-14)18(4)5/h6-7,11-13,16H,8-10H2,1-5H3. The zero-order chi connectivity index (χ0) is 13.5. The summed E-state index contributed by atoms with van der Waals surface area (Å²) in [6.07, 6.45) is 3.16. The Bertz CT molecular complexity index is 330. The maximum Gasteiger partial charge on any atom is 0.127 e. The van der Waals surface area contributed by atoms with Gasteiger partial charge in [0, 0.05) is 20.3 Å². The molecule has 3 heteroatoms. The van der Waals surface area contributed by atoms with Crippen molar-refractivity contribution < 1.29 is 0 Å². The molecule has 102 valence electrons. The summed E-state index contributed by atoms with van der Waals surface area (Å²) in [6.45, 7) is 8.92. The first-order chi connectivity index (χ1) is 8.50. The van der Waals surface area contributed by atoms with Gasteiger partial charge in [-0.05, 0) is 43.0 Å². The fourth-order valence-corrected chi connectivity index (χ4v) is 1.83. The minimum atomic E-state index is 0.563. The van der Waals surface area contributed by atoms with Gasteiger partial charge >= 0.3 is 0 Å². The number of rotatable bonds is 7. The molecule has 1 atom stereocenters. The van der Waals surface area contributed by atoms with Gasteiger partial charge in [-0.25, -0.2) is 4.98 Å². The molecule has 3 nitrogen and oxygen atoms in total. The first kappa shape index (κ1) is 15.0. The van der Waals surface area contributed by atoms with Gasteiger partial charge in [0.15, 0.2) is 0 Å². The molecule has 0 saturated heterocycles. The van der Waals surface area contributed by atoms with Crippen LogP contribution in [0.3, 0.4) is 0 Å². The lowest BCUT2D eigenvalue weighted by Gasteiger charge is -2.15. The van der Waals surface area contributed by atoms with Gasteiger partial charge in [-0.1, -0.05) is 26.8 Å². The van der Waals surface area contributed by atoms with Crippen molar-refractivity contribution in [1.82, 2.24) is 10.3 Å². The van der Waals surface area contributed by atoms with Gasteiger partial charge in [-0.3, -0.25) is 0 Å². The summed E-state index contributed by atoms with van der Waals surface area (Å²) in [7, 11) is 4.03. The Balaban J connectivity index is 2.39. The Morgan fingerprint density at radius 1 is 1.22 bits per heavy atom. The van der Waals surface area contributed by atoms with E-state index in [0.717, 1.165) is 31.2 Å². The molecule has 0 aliphatic carbocycles. The van der Waals surface area contributed by atoms with E-state index in [1.807, 2.05) is 25.2 Å². The Morgan fingerprint density at radius 2 is 1.94 bits per heavy atom. The highest BCUT2D eigenvalue weighted by molar-refractivity contribution is 5.37. The van der Waals surface area contributed by atoms with Crippen molar-refractivity contribution in [3.8, 4) is 0 Å². The highest BCUT2D eigenvalue weighted by atomic mass is 15.1. The van der Waals surface area contributed by atoms with E-state index in [-0.39, 0.29) is 0 Å². The van der Waals surface area contributed by atoms with Crippen molar-refractivity contribution in [1.29, 1.82) is 0 Å². The third kappa shape index (κ3) is 5.05. The summed E-state index contributed by atoms with van der Waals surface area (Å²) in [5.74, 6) is 2.30. The summed E-state index contributed by atoms with van der Waals surface area (Å²) in [5.41, 5.74) is 1.33. The average Bonchev–Trinajstić information content (AvgIpc) is 2.34. The third-order valence-corrected chi connectivity index (χ3v) is 3.10. The van der Waals surface area contributed by atoms with Crippen molar-refractivity contribution in [2.45, 2.75) is 33.1 Å². The van der Waals surface area contributed by atoms with E-state index in [0.29, 0.717) is 5.92 Å². The number of nitrogens with zero attached hydrogens (tertiary/aromatic N) is 2. The second kappa shape index (κ2) is 7.37. The Hall–Kier alpha value is -1.09. The van der Waals surface area contributed by atoms with Crippen LogP contribution in [0.5, 0.6) is 0 Å². The number of nitrogens with one attached hydrogen (secondary N) is 1. The molecule has 0 aromatic carbocycles. The normalized spacial score (nSPS) is 12.8. The van der Waals surface area contributed by atoms with Crippen LogP contribution >= 0.6 is 0 Å². The smallest absolute Gasteiger partial charge is 0.127 e. The average molecular weight is 249 g/mol. The number of anilines is 1. The molecule has 0 fully saturated rings. The summed E-state index contributed by atoms with van der Waals surface area (Å²) < 4.78 is 0. The molecule has 0 saturated carbocycles. The minimum absolute atomic E-state index is 0.563. The van der Waals surface area contributed by atoms with E-state index in [2.05, 4.69) is 43.2 Å². The van der Waals surface area contributed by atoms with Crippen LogP contribution in [0.25, 0.3) is 0 Å². The summed E-state index contributed by atoms with van der Waals surface area (Å²) >= 11 is 0. The van der Waals surface area contributed by atoms with Gasteiger partial charge < -0.3 is 10.2 Å². The summed E-state index contributed by atoms with van der Waals surface area (Å²) in [4.78, 5) is 6.49. The van der Waals surface area contributed by atoms with Crippen LogP contribution in [0.4, 0.5) is 5.82 Å². The molecule has 0 aliphatic rings. The second-order valence-electron chi connectivity index (χ2n) is 5.63. The molecule has 0 spiro atoms. The van der Waals surface area contributed by atoms with Gasteiger partial charge in [0.1, 0.15) is 5.82 Å². The van der Waals surface area contributed by atoms with Crippen LogP contribution in [0.15, 0.2) is 18.3 Å². The first-order valence-corrected chi connectivity index (χ1v) is 6.84. The molecule has 1 rings (SSSR count). The van der Waals surface area contributed by atoms with Crippen molar-refractivity contribution in [2.24, 2.45) is 5.92 Å². The lowest BCUT2D eigenvalue weighted by Crippen LogP contribution is -2.21. The quantitative estimate of drug-likeness (QED) is 0.753. The van der Waals surface area contributed by atoms with E-state index in [9.17, 15) is 0 Å². The van der Waals surface area contributed by atoms with Crippen LogP contribution in [-0.2, 0) is 0 Å². The monoisotopic (exact) mass is 249 g/mol. The van der Waals surface area contributed by atoms with Gasteiger partial charge in [0.05, 0.1) is 0 Å². The molecule has 1 unspecified atom stereocenters. The Kier molecular flexibility index (Phi) is 6.13. The molecule has 1 aromatic rings. The van der Waals surface area contributed by atoms with Crippen molar-refractivity contribution >= 4 is 5.82 Å². The number of pyridine rings is 1. The molecular weight excluding hydrogens is 222 g/mol.